The number of aliphatic hydroxyl groups is 1. The van der Waals surface area contributed by atoms with E-state index in [2.05, 4.69) is 35.6 Å². The van der Waals surface area contributed by atoms with Gasteiger partial charge in [-0.15, -0.1) is 0 Å². The summed E-state index contributed by atoms with van der Waals surface area (Å²) in [4.78, 5) is 2.31. The monoisotopic (exact) mass is 285 g/mol. The normalized spacial score (nSPS) is 13.7. The van der Waals surface area contributed by atoms with Crippen LogP contribution in [0.5, 0.6) is 0 Å². The van der Waals surface area contributed by atoms with Gasteiger partial charge in [-0.05, 0) is 42.2 Å². The Morgan fingerprint density at radius 2 is 2.00 bits per heavy atom. The fourth-order valence-electron chi connectivity index (χ4n) is 2.02. The van der Waals surface area contributed by atoms with Crippen LogP contribution in [0.2, 0.25) is 0 Å². The van der Waals surface area contributed by atoms with Crippen molar-refractivity contribution in [1.82, 2.24) is 4.90 Å². The molecular formula is C15H27NO2S. The Morgan fingerprint density at radius 1 is 1.26 bits per heavy atom. The predicted molar refractivity (Wildman–Crippen MR) is 81.5 cm³/mol. The smallest absolute Gasteiger partial charge is 0.0900 e. The molecule has 0 aliphatic heterocycles. The molecule has 1 N–H and O–H groups in total. The third-order valence-corrected chi connectivity index (χ3v) is 3.43. The highest BCUT2D eigenvalue weighted by Crippen LogP contribution is 2.11. The summed E-state index contributed by atoms with van der Waals surface area (Å²) >= 11 is 1.72. The highest BCUT2D eigenvalue weighted by molar-refractivity contribution is 7.07. The van der Waals surface area contributed by atoms with E-state index in [-0.39, 0.29) is 6.10 Å². The zero-order valence-corrected chi connectivity index (χ0v) is 13.3. The van der Waals surface area contributed by atoms with Crippen molar-refractivity contribution in [3.8, 4) is 0 Å². The number of hydrogen-bond donors (Lipinski definition) is 1. The minimum Gasteiger partial charge on any atom is -0.389 e. The minimum absolute atomic E-state index is 0.171. The first-order valence-electron chi connectivity index (χ1n) is 7.00. The Morgan fingerprint density at radius 3 is 2.53 bits per heavy atom. The summed E-state index contributed by atoms with van der Waals surface area (Å²) < 4.78 is 5.47. The van der Waals surface area contributed by atoms with E-state index in [1.54, 1.807) is 11.3 Å². The molecule has 0 spiro atoms. The molecule has 0 bridgehead atoms. The first-order chi connectivity index (χ1) is 8.97. The molecule has 0 aromatic carbocycles. The molecule has 0 amide bonds. The largest absolute Gasteiger partial charge is 0.389 e. The van der Waals surface area contributed by atoms with E-state index < -0.39 is 6.10 Å². The van der Waals surface area contributed by atoms with Gasteiger partial charge in [-0.1, -0.05) is 13.8 Å². The summed E-state index contributed by atoms with van der Waals surface area (Å²) in [6.45, 7) is 11.4. The first-order valence-corrected chi connectivity index (χ1v) is 7.94. The summed E-state index contributed by atoms with van der Waals surface area (Å²) in [6.07, 6.45) is -0.246. The Labute approximate surface area is 121 Å². The third-order valence-electron chi connectivity index (χ3n) is 2.70. The standard InChI is InChI=1S/C15H27NO2S/c1-12(2)7-16(8-14-5-6-19-11-14)9-15(17)10-18-13(3)4/h5-6,11-13,15,17H,7-10H2,1-4H3. The summed E-state index contributed by atoms with van der Waals surface area (Å²) in [5.41, 5.74) is 1.32. The molecule has 1 aromatic heterocycles. The van der Waals surface area contributed by atoms with Gasteiger partial charge in [0.15, 0.2) is 0 Å². The fraction of sp³-hybridized carbons (Fsp3) is 0.733. The molecule has 0 saturated carbocycles. The molecule has 4 heteroatoms. The van der Waals surface area contributed by atoms with Crippen molar-refractivity contribution in [3.05, 3.63) is 22.4 Å². The maximum absolute atomic E-state index is 10.0. The number of ether oxygens (including phenoxy) is 1. The summed E-state index contributed by atoms with van der Waals surface area (Å²) in [5.74, 6) is 0.594. The molecule has 1 rings (SSSR count). The quantitative estimate of drug-likeness (QED) is 0.757. The number of aliphatic hydroxyl groups excluding tert-OH is 1. The predicted octanol–water partition coefficient (Wildman–Crippen LogP) is 2.99. The molecule has 0 radical (unpaired) electrons. The van der Waals surface area contributed by atoms with E-state index in [1.807, 2.05) is 13.8 Å². The van der Waals surface area contributed by atoms with Crippen molar-refractivity contribution < 1.29 is 9.84 Å². The van der Waals surface area contributed by atoms with E-state index in [1.165, 1.54) is 5.56 Å². The second kappa shape index (κ2) is 8.69. The lowest BCUT2D eigenvalue weighted by molar-refractivity contribution is -0.0108. The van der Waals surface area contributed by atoms with Gasteiger partial charge in [-0.3, -0.25) is 4.90 Å². The molecule has 1 aromatic rings. The number of nitrogens with zero attached hydrogens (tertiary/aromatic N) is 1. The molecule has 1 heterocycles. The van der Waals surface area contributed by atoms with Crippen LogP contribution in [0.4, 0.5) is 0 Å². The second-order valence-electron chi connectivity index (χ2n) is 5.76. The molecule has 0 saturated heterocycles. The van der Waals surface area contributed by atoms with E-state index in [0.29, 0.717) is 19.1 Å². The SMILES string of the molecule is CC(C)CN(Cc1ccsc1)CC(O)COC(C)C. The molecular weight excluding hydrogens is 258 g/mol. The van der Waals surface area contributed by atoms with Gasteiger partial charge in [0.05, 0.1) is 18.8 Å². The topological polar surface area (TPSA) is 32.7 Å². The Kier molecular flexibility index (Phi) is 7.61. The van der Waals surface area contributed by atoms with E-state index in [4.69, 9.17) is 4.74 Å². The van der Waals surface area contributed by atoms with Crippen LogP contribution in [0, 0.1) is 5.92 Å². The molecule has 1 unspecified atom stereocenters. The zero-order valence-electron chi connectivity index (χ0n) is 12.5. The van der Waals surface area contributed by atoms with Crippen molar-refractivity contribution in [1.29, 1.82) is 0 Å². The molecule has 110 valence electrons. The zero-order chi connectivity index (χ0) is 14.3. The molecule has 1 atom stereocenters. The van der Waals surface area contributed by atoms with Crippen molar-refractivity contribution in [3.63, 3.8) is 0 Å². The van der Waals surface area contributed by atoms with E-state index in [9.17, 15) is 5.11 Å². The summed E-state index contributed by atoms with van der Waals surface area (Å²) in [7, 11) is 0. The first kappa shape index (κ1) is 16.6. The Hall–Kier alpha value is -0.420. The lowest BCUT2D eigenvalue weighted by atomic mass is 10.2. The van der Waals surface area contributed by atoms with Crippen molar-refractivity contribution in [2.75, 3.05) is 19.7 Å². The second-order valence-corrected chi connectivity index (χ2v) is 6.54. The number of rotatable bonds is 9. The van der Waals surface area contributed by atoms with Crippen LogP contribution in [-0.4, -0.2) is 41.9 Å². The van der Waals surface area contributed by atoms with Gasteiger partial charge in [-0.25, -0.2) is 0 Å². The van der Waals surface area contributed by atoms with Crippen LogP contribution < -0.4 is 0 Å². The summed E-state index contributed by atoms with van der Waals surface area (Å²) in [5, 5.41) is 14.3. The van der Waals surface area contributed by atoms with Crippen LogP contribution in [-0.2, 0) is 11.3 Å². The van der Waals surface area contributed by atoms with Gasteiger partial charge in [0, 0.05) is 19.6 Å². The molecule has 0 fully saturated rings. The van der Waals surface area contributed by atoms with Gasteiger partial charge >= 0.3 is 0 Å². The van der Waals surface area contributed by atoms with Gasteiger partial charge in [0.25, 0.3) is 0 Å². The van der Waals surface area contributed by atoms with Crippen LogP contribution in [0.15, 0.2) is 16.8 Å². The average Bonchev–Trinajstić information content (AvgIpc) is 2.78. The van der Waals surface area contributed by atoms with Gasteiger partial charge in [0.1, 0.15) is 0 Å². The van der Waals surface area contributed by atoms with Crippen LogP contribution in [0.3, 0.4) is 0 Å². The molecule has 0 aliphatic carbocycles. The van der Waals surface area contributed by atoms with Gasteiger partial charge in [0.2, 0.25) is 0 Å². The molecule has 19 heavy (non-hydrogen) atoms. The van der Waals surface area contributed by atoms with Crippen molar-refractivity contribution >= 4 is 11.3 Å². The maximum Gasteiger partial charge on any atom is 0.0900 e. The van der Waals surface area contributed by atoms with Gasteiger partial charge in [-0.2, -0.15) is 11.3 Å². The van der Waals surface area contributed by atoms with Crippen LogP contribution >= 0.6 is 11.3 Å². The molecule has 3 nitrogen and oxygen atoms in total. The highest BCUT2D eigenvalue weighted by atomic mass is 32.1. The maximum atomic E-state index is 10.0. The molecule has 0 aliphatic rings. The average molecular weight is 285 g/mol. The number of hydrogen-bond acceptors (Lipinski definition) is 4. The number of thiophene rings is 1. The lowest BCUT2D eigenvalue weighted by Gasteiger charge is -2.26. The minimum atomic E-state index is -0.417. The lowest BCUT2D eigenvalue weighted by Crippen LogP contribution is -2.37. The van der Waals surface area contributed by atoms with Crippen molar-refractivity contribution in [2.45, 2.75) is 46.4 Å². The van der Waals surface area contributed by atoms with Gasteiger partial charge < -0.3 is 9.84 Å². The highest BCUT2D eigenvalue weighted by Gasteiger charge is 2.14. The van der Waals surface area contributed by atoms with Crippen molar-refractivity contribution in [2.24, 2.45) is 5.92 Å². The van der Waals surface area contributed by atoms with E-state index >= 15 is 0 Å². The van der Waals surface area contributed by atoms with Crippen LogP contribution in [0.25, 0.3) is 0 Å². The Bertz CT molecular complexity index is 325. The van der Waals surface area contributed by atoms with E-state index in [0.717, 1.165) is 13.1 Å². The third kappa shape index (κ3) is 7.67. The van der Waals surface area contributed by atoms with Crippen LogP contribution in [0.1, 0.15) is 33.3 Å². The fourth-order valence-corrected chi connectivity index (χ4v) is 2.67. The summed E-state index contributed by atoms with van der Waals surface area (Å²) in [6, 6.07) is 2.15. The Balaban J connectivity index is 2.44.